The first-order valence-electron chi connectivity index (χ1n) is 9.26. The molecule has 0 spiro atoms. The van der Waals surface area contributed by atoms with Crippen molar-refractivity contribution in [2.24, 2.45) is 0 Å². The van der Waals surface area contributed by atoms with Gasteiger partial charge in [-0.1, -0.05) is 30.3 Å². The second kappa shape index (κ2) is 8.83. The molecule has 0 amide bonds. The number of nitrogens with zero attached hydrogens (tertiary/aromatic N) is 3. The van der Waals surface area contributed by atoms with Gasteiger partial charge in [-0.05, 0) is 24.6 Å². The van der Waals surface area contributed by atoms with Crippen molar-refractivity contribution >= 4 is 17.1 Å². The Labute approximate surface area is 159 Å². The van der Waals surface area contributed by atoms with Gasteiger partial charge in [0.15, 0.2) is 0 Å². The van der Waals surface area contributed by atoms with Gasteiger partial charge in [0.25, 0.3) is 5.69 Å². The van der Waals surface area contributed by atoms with E-state index in [0.717, 1.165) is 37.4 Å². The van der Waals surface area contributed by atoms with Crippen molar-refractivity contribution in [3.63, 3.8) is 0 Å². The normalized spacial score (nSPS) is 16.1. The molecule has 0 saturated carbocycles. The van der Waals surface area contributed by atoms with Crippen molar-refractivity contribution < 1.29 is 10.0 Å². The van der Waals surface area contributed by atoms with Crippen LogP contribution in [0.1, 0.15) is 18.5 Å². The lowest BCUT2D eigenvalue weighted by molar-refractivity contribution is -0.384. The molecule has 27 heavy (non-hydrogen) atoms. The van der Waals surface area contributed by atoms with Crippen LogP contribution in [-0.2, 0) is 0 Å². The number of nitro groups is 1. The maximum absolute atomic E-state index is 11.5. The zero-order chi connectivity index (χ0) is 19.2. The summed E-state index contributed by atoms with van der Waals surface area (Å²) in [7, 11) is 0. The summed E-state index contributed by atoms with van der Waals surface area (Å²) in [6.45, 7) is 6.29. The molecule has 1 atom stereocenters. The molecule has 7 heteroatoms. The minimum absolute atomic E-state index is 0.0402. The fourth-order valence-corrected chi connectivity index (χ4v) is 3.42. The van der Waals surface area contributed by atoms with Crippen LogP contribution in [0.25, 0.3) is 0 Å². The predicted octanol–water partition coefficient (Wildman–Crippen LogP) is 2.88. The van der Waals surface area contributed by atoms with Crippen LogP contribution in [0.3, 0.4) is 0 Å². The molecule has 7 nitrogen and oxygen atoms in total. The van der Waals surface area contributed by atoms with E-state index in [1.54, 1.807) is 6.07 Å². The number of benzene rings is 2. The average Bonchev–Trinajstić information content (AvgIpc) is 2.69. The molecule has 1 aliphatic rings. The molecule has 2 aromatic rings. The van der Waals surface area contributed by atoms with Crippen LogP contribution in [0, 0.1) is 10.1 Å². The number of hydrogen-bond acceptors (Lipinski definition) is 6. The quantitative estimate of drug-likeness (QED) is 0.576. The zero-order valence-electron chi connectivity index (χ0n) is 15.5. The minimum atomic E-state index is -0.344. The van der Waals surface area contributed by atoms with E-state index in [9.17, 15) is 10.1 Å². The number of anilines is 2. The molecule has 1 aliphatic heterocycles. The summed E-state index contributed by atoms with van der Waals surface area (Å²) in [5.74, 6) is 0. The molecular formula is C20H26N4O3. The standard InChI is InChI=1S/C20H26N4O3/c1-16(17-5-3-2-4-6-17)21-19-15-18(7-8-20(19)24(26)27)23-11-9-22(10-12-23)13-14-25/h2-8,15-16,21,25H,9-14H2,1H3/t16-/m0/s1. The summed E-state index contributed by atoms with van der Waals surface area (Å²) in [4.78, 5) is 15.6. The lowest BCUT2D eigenvalue weighted by Gasteiger charge is -2.36. The molecule has 3 rings (SSSR count). The van der Waals surface area contributed by atoms with Gasteiger partial charge in [-0.3, -0.25) is 15.0 Å². The van der Waals surface area contributed by atoms with E-state index in [1.807, 2.05) is 49.4 Å². The zero-order valence-corrected chi connectivity index (χ0v) is 15.5. The summed E-state index contributed by atoms with van der Waals surface area (Å²) in [6, 6.07) is 15.1. The highest BCUT2D eigenvalue weighted by Crippen LogP contribution is 2.32. The average molecular weight is 370 g/mol. The monoisotopic (exact) mass is 370 g/mol. The second-order valence-corrected chi connectivity index (χ2v) is 6.79. The number of aliphatic hydroxyl groups is 1. The first-order chi connectivity index (χ1) is 13.1. The summed E-state index contributed by atoms with van der Waals surface area (Å²) < 4.78 is 0. The van der Waals surface area contributed by atoms with Gasteiger partial charge in [0.05, 0.1) is 11.5 Å². The molecule has 0 bridgehead atoms. The van der Waals surface area contributed by atoms with Crippen molar-refractivity contribution in [2.45, 2.75) is 13.0 Å². The van der Waals surface area contributed by atoms with Gasteiger partial charge in [-0.2, -0.15) is 0 Å². The second-order valence-electron chi connectivity index (χ2n) is 6.79. The Hall–Kier alpha value is -2.64. The van der Waals surface area contributed by atoms with Crippen LogP contribution in [-0.4, -0.2) is 54.3 Å². The van der Waals surface area contributed by atoms with E-state index in [4.69, 9.17) is 5.11 Å². The molecule has 0 aromatic heterocycles. The number of hydrogen-bond donors (Lipinski definition) is 2. The molecule has 2 aromatic carbocycles. The molecule has 0 radical (unpaired) electrons. The van der Waals surface area contributed by atoms with Crippen LogP contribution in [0.5, 0.6) is 0 Å². The third-order valence-corrected chi connectivity index (χ3v) is 5.00. The highest BCUT2D eigenvalue weighted by atomic mass is 16.6. The van der Waals surface area contributed by atoms with E-state index in [1.165, 1.54) is 0 Å². The van der Waals surface area contributed by atoms with Gasteiger partial charge in [0.2, 0.25) is 0 Å². The highest BCUT2D eigenvalue weighted by molar-refractivity contribution is 5.69. The number of piperazine rings is 1. The van der Waals surface area contributed by atoms with E-state index < -0.39 is 0 Å². The topological polar surface area (TPSA) is 81.9 Å². The Morgan fingerprint density at radius 3 is 2.48 bits per heavy atom. The van der Waals surface area contributed by atoms with E-state index in [-0.39, 0.29) is 23.3 Å². The fraction of sp³-hybridized carbons (Fsp3) is 0.400. The van der Waals surface area contributed by atoms with Crippen molar-refractivity contribution in [2.75, 3.05) is 49.5 Å². The molecule has 0 unspecified atom stereocenters. The predicted molar refractivity (Wildman–Crippen MR) is 107 cm³/mol. The van der Waals surface area contributed by atoms with Gasteiger partial charge in [-0.25, -0.2) is 0 Å². The lowest BCUT2D eigenvalue weighted by Crippen LogP contribution is -2.47. The third kappa shape index (κ3) is 4.75. The molecule has 2 N–H and O–H groups in total. The fourth-order valence-electron chi connectivity index (χ4n) is 3.42. The maximum Gasteiger partial charge on any atom is 0.292 e. The van der Waals surface area contributed by atoms with E-state index in [0.29, 0.717) is 12.2 Å². The first-order valence-corrected chi connectivity index (χ1v) is 9.26. The molecular weight excluding hydrogens is 344 g/mol. The largest absolute Gasteiger partial charge is 0.395 e. The summed E-state index contributed by atoms with van der Waals surface area (Å²) in [5, 5.41) is 23.8. The molecule has 1 fully saturated rings. The van der Waals surface area contributed by atoms with Gasteiger partial charge < -0.3 is 15.3 Å². The summed E-state index contributed by atoms with van der Waals surface area (Å²) in [5.41, 5.74) is 2.67. The van der Waals surface area contributed by atoms with Crippen molar-refractivity contribution in [1.29, 1.82) is 0 Å². The van der Waals surface area contributed by atoms with Crippen LogP contribution >= 0.6 is 0 Å². The molecule has 0 aliphatic carbocycles. The van der Waals surface area contributed by atoms with Gasteiger partial charge >= 0.3 is 0 Å². The van der Waals surface area contributed by atoms with Crippen molar-refractivity contribution in [3.8, 4) is 0 Å². The van der Waals surface area contributed by atoms with Crippen molar-refractivity contribution in [3.05, 3.63) is 64.2 Å². The SMILES string of the molecule is C[C@H](Nc1cc(N2CCN(CCO)CC2)ccc1[N+](=O)[O-])c1ccccc1. The molecule has 1 saturated heterocycles. The lowest BCUT2D eigenvalue weighted by atomic mass is 10.1. The van der Waals surface area contributed by atoms with E-state index >= 15 is 0 Å². The molecule has 144 valence electrons. The number of rotatable bonds is 7. The van der Waals surface area contributed by atoms with Crippen LogP contribution in [0.2, 0.25) is 0 Å². The maximum atomic E-state index is 11.5. The van der Waals surface area contributed by atoms with Crippen LogP contribution in [0.4, 0.5) is 17.1 Å². The number of aliphatic hydroxyl groups excluding tert-OH is 1. The highest BCUT2D eigenvalue weighted by Gasteiger charge is 2.21. The van der Waals surface area contributed by atoms with Gasteiger partial charge in [-0.15, -0.1) is 0 Å². The Morgan fingerprint density at radius 1 is 1.15 bits per heavy atom. The minimum Gasteiger partial charge on any atom is -0.395 e. The van der Waals surface area contributed by atoms with Crippen LogP contribution in [0.15, 0.2) is 48.5 Å². The smallest absolute Gasteiger partial charge is 0.292 e. The van der Waals surface area contributed by atoms with E-state index in [2.05, 4.69) is 15.1 Å². The van der Waals surface area contributed by atoms with Gasteiger partial charge in [0, 0.05) is 50.5 Å². The van der Waals surface area contributed by atoms with Crippen LogP contribution < -0.4 is 10.2 Å². The Kier molecular flexibility index (Phi) is 6.26. The van der Waals surface area contributed by atoms with Gasteiger partial charge in [0.1, 0.15) is 5.69 Å². The summed E-state index contributed by atoms with van der Waals surface area (Å²) >= 11 is 0. The Balaban J connectivity index is 1.78. The van der Waals surface area contributed by atoms with Crippen molar-refractivity contribution in [1.82, 2.24) is 4.90 Å². The number of nitrogens with one attached hydrogen (secondary N) is 1. The first kappa shape index (κ1) is 19.1. The Bertz CT molecular complexity index is 761. The molecule has 1 heterocycles. The Morgan fingerprint density at radius 2 is 1.85 bits per heavy atom. The number of β-amino-alcohol motifs (C(OH)–C–C–N with tert-alkyl or cyclic N) is 1. The third-order valence-electron chi connectivity index (χ3n) is 5.00. The summed E-state index contributed by atoms with van der Waals surface area (Å²) in [6.07, 6.45) is 0. The number of nitro benzene ring substituents is 1.